The molecule has 0 aliphatic carbocycles. The highest BCUT2D eigenvalue weighted by atomic mass is 32.1. The quantitative estimate of drug-likeness (QED) is 0.829. The molecular weight excluding hydrogens is 332 g/mol. The molecule has 0 saturated carbocycles. The van der Waals surface area contributed by atoms with Crippen molar-refractivity contribution >= 4 is 23.2 Å². The monoisotopic (exact) mass is 348 g/mol. The summed E-state index contributed by atoms with van der Waals surface area (Å²) in [4.78, 5) is 27.3. The maximum atomic E-state index is 11.9. The number of hydrogen-bond donors (Lipinski definition) is 2. The van der Waals surface area contributed by atoms with Gasteiger partial charge < -0.3 is 19.9 Å². The molecule has 1 amide bonds. The topological polar surface area (TPSA) is 97.8 Å². The molecule has 2 aromatic rings. The van der Waals surface area contributed by atoms with Gasteiger partial charge in [-0.15, -0.1) is 11.3 Å². The minimum atomic E-state index is -1.04. The first-order valence-electron chi connectivity index (χ1n) is 7.43. The number of benzene rings is 1. The van der Waals surface area contributed by atoms with Crippen molar-refractivity contribution in [1.82, 2.24) is 10.3 Å². The zero-order valence-electron chi connectivity index (χ0n) is 12.9. The van der Waals surface area contributed by atoms with Crippen molar-refractivity contribution in [3.05, 3.63) is 29.3 Å². The molecule has 1 aliphatic heterocycles. The van der Waals surface area contributed by atoms with E-state index in [0.29, 0.717) is 23.6 Å². The summed E-state index contributed by atoms with van der Waals surface area (Å²) in [5, 5.41) is 14.0. The van der Waals surface area contributed by atoms with Crippen molar-refractivity contribution in [2.45, 2.75) is 25.8 Å². The van der Waals surface area contributed by atoms with Crippen molar-refractivity contribution in [3.8, 4) is 22.1 Å². The summed E-state index contributed by atoms with van der Waals surface area (Å²) in [6.07, 6.45) is 0.380. The molecule has 7 nitrogen and oxygen atoms in total. The van der Waals surface area contributed by atoms with Gasteiger partial charge in [-0.2, -0.15) is 0 Å². The Morgan fingerprint density at radius 3 is 2.92 bits per heavy atom. The van der Waals surface area contributed by atoms with Crippen molar-refractivity contribution in [2.75, 3.05) is 6.79 Å². The van der Waals surface area contributed by atoms with Crippen LogP contribution in [-0.4, -0.2) is 34.8 Å². The Labute approximate surface area is 142 Å². The minimum absolute atomic E-state index is 0.0465. The van der Waals surface area contributed by atoms with Gasteiger partial charge in [0.25, 0.3) is 0 Å². The first-order chi connectivity index (χ1) is 11.6. The number of aliphatic carboxylic acids is 1. The van der Waals surface area contributed by atoms with Gasteiger partial charge in [-0.05, 0) is 24.6 Å². The zero-order valence-corrected chi connectivity index (χ0v) is 13.8. The Kier molecular flexibility index (Phi) is 4.66. The summed E-state index contributed by atoms with van der Waals surface area (Å²) in [6.45, 7) is 1.92. The third-order valence-corrected chi connectivity index (χ3v) is 4.49. The summed E-state index contributed by atoms with van der Waals surface area (Å²) in [6, 6.07) is 4.69. The van der Waals surface area contributed by atoms with Crippen LogP contribution in [0.15, 0.2) is 23.6 Å². The molecule has 126 valence electrons. The number of ether oxygens (including phenoxy) is 2. The van der Waals surface area contributed by atoms with Gasteiger partial charge in [0.15, 0.2) is 11.5 Å². The molecule has 8 heteroatoms. The Balaban J connectivity index is 1.67. The molecule has 0 spiro atoms. The normalized spacial score (nSPS) is 13.5. The van der Waals surface area contributed by atoms with E-state index in [0.717, 1.165) is 10.6 Å². The third-order valence-electron chi connectivity index (χ3n) is 3.55. The van der Waals surface area contributed by atoms with E-state index < -0.39 is 12.0 Å². The fraction of sp³-hybridized carbons (Fsp3) is 0.312. The summed E-state index contributed by atoms with van der Waals surface area (Å²) in [5.74, 6) is -0.0135. The number of rotatable bonds is 6. The highest BCUT2D eigenvalue weighted by Gasteiger charge is 2.19. The van der Waals surface area contributed by atoms with E-state index in [9.17, 15) is 9.59 Å². The minimum Gasteiger partial charge on any atom is -0.480 e. The molecule has 1 aromatic heterocycles. The molecule has 0 radical (unpaired) electrons. The summed E-state index contributed by atoms with van der Waals surface area (Å²) >= 11 is 1.42. The average molecular weight is 348 g/mol. The molecular formula is C16H16N2O5S. The number of thiazole rings is 1. The molecule has 1 unspecified atom stereocenters. The number of carboxylic acid groups (broad SMARTS) is 1. The highest BCUT2D eigenvalue weighted by Crippen LogP contribution is 2.36. The number of amides is 1. The smallest absolute Gasteiger partial charge is 0.326 e. The molecule has 0 fully saturated rings. The van der Waals surface area contributed by atoms with E-state index in [2.05, 4.69) is 10.3 Å². The van der Waals surface area contributed by atoms with Gasteiger partial charge in [0, 0.05) is 10.9 Å². The van der Waals surface area contributed by atoms with Crippen molar-refractivity contribution in [2.24, 2.45) is 0 Å². The number of aromatic nitrogens is 1. The molecule has 2 heterocycles. The van der Waals surface area contributed by atoms with E-state index in [1.807, 2.05) is 18.2 Å². The predicted molar refractivity (Wildman–Crippen MR) is 87.2 cm³/mol. The first-order valence-corrected chi connectivity index (χ1v) is 8.31. The van der Waals surface area contributed by atoms with Crippen LogP contribution < -0.4 is 14.8 Å². The summed E-state index contributed by atoms with van der Waals surface area (Å²) < 4.78 is 10.6. The summed E-state index contributed by atoms with van der Waals surface area (Å²) in [5.41, 5.74) is 1.48. The maximum absolute atomic E-state index is 11.9. The van der Waals surface area contributed by atoms with Gasteiger partial charge in [-0.3, -0.25) is 4.79 Å². The van der Waals surface area contributed by atoms with Crippen molar-refractivity contribution < 1.29 is 24.2 Å². The lowest BCUT2D eigenvalue weighted by Gasteiger charge is -2.11. The Morgan fingerprint density at radius 2 is 2.17 bits per heavy atom. The second-order valence-electron chi connectivity index (χ2n) is 5.26. The van der Waals surface area contributed by atoms with Crippen LogP contribution in [0.5, 0.6) is 11.5 Å². The average Bonchev–Trinajstić information content (AvgIpc) is 3.20. The standard InChI is InChI=1S/C16H16N2O5S/c1-2-11(16(20)21)18-14(19)6-10-7-24-15(17-10)9-3-4-12-13(5-9)23-8-22-12/h3-5,7,11H,2,6,8H2,1H3,(H,18,19)(H,20,21). The Bertz CT molecular complexity index is 774. The Morgan fingerprint density at radius 1 is 1.38 bits per heavy atom. The SMILES string of the molecule is CCC(NC(=O)Cc1csc(-c2ccc3c(c2)OCO3)n1)C(=O)O. The van der Waals surface area contributed by atoms with Crippen LogP contribution in [0.1, 0.15) is 19.0 Å². The molecule has 2 N–H and O–H groups in total. The molecule has 1 atom stereocenters. The lowest BCUT2D eigenvalue weighted by Crippen LogP contribution is -2.41. The van der Waals surface area contributed by atoms with E-state index in [1.165, 1.54) is 11.3 Å². The van der Waals surface area contributed by atoms with Gasteiger partial charge in [0.1, 0.15) is 11.0 Å². The second kappa shape index (κ2) is 6.88. The van der Waals surface area contributed by atoms with Crippen LogP contribution in [0.25, 0.3) is 10.6 Å². The molecule has 3 rings (SSSR count). The third kappa shape index (κ3) is 3.48. The van der Waals surface area contributed by atoms with Crippen LogP contribution in [-0.2, 0) is 16.0 Å². The van der Waals surface area contributed by atoms with Crippen molar-refractivity contribution in [1.29, 1.82) is 0 Å². The number of carbonyl (C=O) groups is 2. The molecule has 1 aromatic carbocycles. The van der Waals surface area contributed by atoms with Crippen LogP contribution in [0.4, 0.5) is 0 Å². The highest BCUT2D eigenvalue weighted by molar-refractivity contribution is 7.13. The van der Waals surface area contributed by atoms with Crippen molar-refractivity contribution in [3.63, 3.8) is 0 Å². The first kappa shape index (κ1) is 16.3. The summed E-state index contributed by atoms with van der Waals surface area (Å²) in [7, 11) is 0. The molecule has 0 saturated heterocycles. The van der Waals surface area contributed by atoms with Gasteiger partial charge in [0.05, 0.1) is 12.1 Å². The number of fused-ring (bicyclic) bond motifs is 1. The fourth-order valence-electron chi connectivity index (χ4n) is 2.30. The number of hydrogen-bond acceptors (Lipinski definition) is 6. The van der Waals surface area contributed by atoms with Gasteiger partial charge in [0.2, 0.25) is 12.7 Å². The molecule has 0 bridgehead atoms. The van der Waals surface area contributed by atoms with Gasteiger partial charge in [-0.25, -0.2) is 9.78 Å². The largest absolute Gasteiger partial charge is 0.480 e. The van der Waals surface area contributed by atoms with Crippen LogP contribution in [0, 0.1) is 0 Å². The zero-order chi connectivity index (χ0) is 17.1. The van der Waals surface area contributed by atoms with E-state index in [4.69, 9.17) is 14.6 Å². The van der Waals surface area contributed by atoms with Gasteiger partial charge >= 0.3 is 5.97 Å². The lowest BCUT2D eigenvalue weighted by atomic mass is 10.2. The van der Waals surface area contributed by atoms with E-state index in [1.54, 1.807) is 12.3 Å². The molecule has 24 heavy (non-hydrogen) atoms. The van der Waals surface area contributed by atoms with E-state index >= 15 is 0 Å². The fourth-order valence-corrected chi connectivity index (χ4v) is 3.12. The Hall–Kier alpha value is -2.61. The predicted octanol–water partition coefficient (Wildman–Crippen LogP) is 2.06. The van der Waals surface area contributed by atoms with Gasteiger partial charge in [-0.1, -0.05) is 6.92 Å². The number of nitrogens with one attached hydrogen (secondary N) is 1. The van der Waals surface area contributed by atoms with Crippen LogP contribution in [0.2, 0.25) is 0 Å². The number of carbonyl (C=O) groups excluding carboxylic acids is 1. The lowest BCUT2D eigenvalue weighted by molar-refractivity contribution is -0.141. The maximum Gasteiger partial charge on any atom is 0.326 e. The van der Waals surface area contributed by atoms with Crippen LogP contribution in [0.3, 0.4) is 0 Å². The number of nitrogens with zero attached hydrogens (tertiary/aromatic N) is 1. The van der Waals surface area contributed by atoms with Crippen LogP contribution >= 0.6 is 11.3 Å². The molecule has 1 aliphatic rings. The second-order valence-corrected chi connectivity index (χ2v) is 6.11. The number of carboxylic acids is 1. The van der Waals surface area contributed by atoms with E-state index in [-0.39, 0.29) is 19.1 Å².